The summed E-state index contributed by atoms with van der Waals surface area (Å²) in [6, 6.07) is 0.455. The van der Waals surface area contributed by atoms with E-state index in [9.17, 15) is 4.79 Å². The molecule has 1 heterocycles. The molecule has 22 heavy (non-hydrogen) atoms. The van der Waals surface area contributed by atoms with E-state index in [4.69, 9.17) is 0 Å². The predicted molar refractivity (Wildman–Crippen MR) is 96.3 cm³/mol. The number of amides is 1. The summed E-state index contributed by atoms with van der Waals surface area (Å²) >= 11 is 3.79. The summed E-state index contributed by atoms with van der Waals surface area (Å²) in [4.78, 5) is 18.5. The van der Waals surface area contributed by atoms with Crippen molar-refractivity contribution in [2.75, 3.05) is 26.7 Å². The van der Waals surface area contributed by atoms with E-state index in [-0.39, 0.29) is 5.92 Å². The number of carbonyl (C=O) groups is 1. The van der Waals surface area contributed by atoms with Crippen molar-refractivity contribution in [1.82, 2.24) is 9.80 Å². The second-order valence-electron chi connectivity index (χ2n) is 7.55. The molecular weight excluding hydrogens is 340 g/mol. The van der Waals surface area contributed by atoms with Crippen molar-refractivity contribution < 1.29 is 4.79 Å². The summed E-state index contributed by atoms with van der Waals surface area (Å²) < 4.78 is 0. The lowest BCUT2D eigenvalue weighted by molar-refractivity contribution is -0.142. The maximum Gasteiger partial charge on any atom is 0.226 e. The predicted octanol–water partition coefficient (Wildman–Crippen LogP) is 3.76. The molecule has 0 aromatic carbocycles. The van der Waals surface area contributed by atoms with Gasteiger partial charge in [0.2, 0.25) is 5.91 Å². The van der Waals surface area contributed by atoms with Gasteiger partial charge in [0.25, 0.3) is 0 Å². The molecule has 0 aromatic heterocycles. The van der Waals surface area contributed by atoms with Gasteiger partial charge in [-0.25, -0.2) is 0 Å². The summed E-state index contributed by atoms with van der Waals surface area (Å²) in [5.74, 6) is 1.63. The Morgan fingerprint density at radius 3 is 2.36 bits per heavy atom. The summed E-state index contributed by atoms with van der Waals surface area (Å²) in [6.07, 6.45) is 5.77. The van der Waals surface area contributed by atoms with Crippen molar-refractivity contribution >= 4 is 21.8 Å². The number of piperidine rings is 1. The Labute approximate surface area is 144 Å². The molecule has 2 fully saturated rings. The first-order chi connectivity index (χ1) is 10.4. The minimum Gasteiger partial charge on any atom is -0.340 e. The Kier molecular flexibility index (Phi) is 6.75. The van der Waals surface area contributed by atoms with Crippen LogP contribution < -0.4 is 0 Å². The van der Waals surface area contributed by atoms with Gasteiger partial charge in [0, 0.05) is 23.3 Å². The number of carbonyl (C=O) groups excluding carboxylic acids is 1. The van der Waals surface area contributed by atoms with Gasteiger partial charge in [0.05, 0.1) is 0 Å². The molecule has 128 valence electrons. The molecule has 1 amide bonds. The fraction of sp³-hybridized carbons (Fsp3) is 0.944. The van der Waals surface area contributed by atoms with Crippen LogP contribution in [0.5, 0.6) is 0 Å². The van der Waals surface area contributed by atoms with Crippen LogP contribution in [0.3, 0.4) is 0 Å². The van der Waals surface area contributed by atoms with Crippen LogP contribution in [0, 0.1) is 17.8 Å². The van der Waals surface area contributed by atoms with E-state index >= 15 is 0 Å². The smallest absolute Gasteiger partial charge is 0.226 e. The van der Waals surface area contributed by atoms with E-state index in [2.05, 4.69) is 53.5 Å². The van der Waals surface area contributed by atoms with Gasteiger partial charge in [-0.1, -0.05) is 29.8 Å². The number of halogens is 1. The number of alkyl halides is 1. The molecule has 2 aliphatic rings. The summed E-state index contributed by atoms with van der Waals surface area (Å²) in [7, 11) is 2.18. The second-order valence-corrected chi connectivity index (χ2v) is 8.84. The molecular formula is C18H33BrN2O. The van der Waals surface area contributed by atoms with E-state index in [1.807, 2.05) is 0 Å². The van der Waals surface area contributed by atoms with Crippen molar-refractivity contribution in [3.8, 4) is 0 Å². The van der Waals surface area contributed by atoms with E-state index in [1.165, 1.54) is 12.8 Å². The Balaban J connectivity index is 2.09. The maximum absolute atomic E-state index is 13.3. The minimum absolute atomic E-state index is 0.210. The zero-order chi connectivity index (χ0) is 16.3. The van der Waals surface area contributed by atoms with Gasteiger partial charge in [0.15, 0.2) is 0 Å². The Morgan fingerprint density at radius 1 is 1.14 bits per heavy atom. The van der Waals surface area contributed by atoms with Crippen molar-refractivity contribution in [3.63, 3.8) is 0 Å². The zero-order valence-electron chi connectivity index (χ0n) is 14.7. The van der Waals surface area contributed by atoms with Crippen LogP contribution in [-0.2, 0) is 4.79 Å². The first kappa shape index (κ1) is 18.3. The quantitative estimate of drug-likeness (QED) is 0.556. The van der Waals surface area contributed by atoms with Crippen molar-refractivity contribution in [2.45, 2.75) is 63.7 Å². The van der Waals surface area contributed by atoms with Gasteiger partial charge >= 0.3 is 0 Å². The first-order valence-corrected chi connectivity index (χ1v) is 9.98. The Morgan fingerprint density at radius 2 is 1.77 bits per heavy atom. The molecule has 1 aliphatic carbocycles. The molecule has 0 bridgehead atoms. The summed E-state index contributed by atoms with van der Waals surface area (Å²) in [6.45, 7) is 9.81. The zero-order valence-corrected chi connectivity index (χ0v) is 16.3. The van der Waals surface area contributed by atoms with Crippen LogP contribution in [0.25, 0.3) is 0 Å². The lowest BCUT2D eigenvalue weighted by atomic mass is 9.81. The Bertz CT molecular complexity index is 368. The van der Waals surface area contributed by atoms with Gasteiger partial charge in [-0.3, -0.25) is 4.79 Å². The lowest BCUT2D eigenvalue weighted by Crippen LogP contribution is -2.50. The largest absolute Gasteiger partial charge is 0.340 e. The molecule has 3 nitrogen and oxygen atoms in total. The molecule has 2 rings (SSSR count). The highest BCUT2D eigenvalue weighted by Crippen LogP contribution is 2.37. The van der Waals surface area contributed by atoms with Gasteiger partial charge in [-0.2, -0.15) is 0 Å². The number of likely N-dealkylation sites (tertiary alicyclic amines) is 1. The molecule has 0 spiro atoms. The van der Waals surface area contributed by atoms with Crippen molar-refractivity contribution in [3.05, 3.63) is 0 Å². The topological polar surface area (TPSA) is 23.6 Å². The third-order valence-electron chi connectivity index (χ3n) is 5.83. The monoisotopic (exact) mass is 372 g/mol. The van der Waals surface area contributed by atoms with Crippen LogP contribution >= 0.6 is 15.9 Å². The molecule has 4 heteroatoms. The minimum atomic E-state index is 0.210. The molecule has 1 saturated heterocycles. The molecule has 0 aromatic rings. The van der Waals surface area contributed by atoms with Crippen LogP contribution in [0.1, 0.15) is 52.9 Å². The Hall–Kier alpha value is -0.0900. The van der Waals surface area contributed by atoms with Crippen molar-refractivity contribution in [1.29, 1.82) is 0 Å². The highest BCUT2D eigenvalue weighted by molar-refractivity contribution is 9.09. The van der Waals surface area contributed by atoms with E-state index in [1.54, 1.807) is 0 Å². The third kappa shape index (κ3) is 4.25. The lowest BCUT2D eigenvalue weighted by Gasteiger charge is -2.40. The molecule has 1 aliphatic heterocycles. The average molecular weight is 373 g/mol. The van der Waals surface area contributed by atoms with Gasteiger partial charge < -0.3 is 9.80 Å². The fourth-order valence-corrected chi connectivity index (χ4v) is 5.28. The van der Waals surface area contributed by atoms with E-state index in [0.717, 1.165) is 38.9 Å². The third-order valence-corrected chi connectivity index (χ3v) is 6.66. The van der Waals surface area contributed by atoms with Crippen molar-refractivity contribution in [2.24, 2.45) is 17.8 Å². The van der Waals surface area contributed by atoms with Crippen LogP contribution in [0.2, 0.25) is 0 Å². The van der Waals surface area contributed by atoms with Gasteiger partial charge in [-0.15, -0.1) is 0 Å². The number of hydrogen-bond acceptors (Lipinski definition) is 2. The maximum atomic E-state index is 13.3. The summed E-state index contributed by atoms with van der Waals surface area (Å²) in [5, 5.41) is 0. The first-order valence-electron chi connectivity index (χ1n) is 9.07. The standard InChI is InChI=1S/C18H33BrN2O/c1-5-21(16-8-10-20(4)11-9-16)18(22)17-13(2)6-7-15(19)12-14(17)3/h13-17H,5-12H2,1-4H3/t13?,14?,15?,17-/m1/s1. The highest BCUT2D eigenvalue weighted by Gasteiger charge is 2.38. The van der Waals surface area contributed by atoms with Gasteiger partial charge in [0.1, 0.15) is 0 Å². The number of nitrogens with zero attached hydrogens (tertiary/aromatic N) is 2. The van der Waals surface area contributed by atoms with E-state index < -0.39 is 0 Å². The fourth-order valence-electron chi connectivity index (χ4n) is 4.43. The molecule has 3 unspecified atom stereocenters. The SMILES string of the molecule is CCN(C(=O)[C@@H]1C(C)CCC(Br)CC1C)C1CCN(C)CC1. The molecule has 0 N–H and O–H groups in total. The van der Waals surface area contributed by atoms with Crippen LogP contribution in [-0.4, -0.2) is 53.3 Å². The van der Waals surface area contributed by atoms with Crippen LogP contribution in [0.4, 0.5) is 0 Å². The molecule has 4 atom stereocenters. The number of hydrogen-bond donors (Lipinski definition) is 0. The normalized spacial score (nSPS) is 35.1. The average Bonchev–Trinajstić information content (AvgIpc) is 2.60. The second kappa shape index (κ2) is 8.14. The molecule has 0 radical (unpaired) electrons. The van der Waals surface area contributed by atoms with E-state index in [0.29, 0.717) is 28.6 Å². The molecule has 1 saturated carbocycles. The van der Waals surface area contributed by atoms with Gasteiger partial charge in [-0.05, 0) is 71.0 Å². The van der Waals surface area contributed by atoms with Crippen LogP contribution in [0.15, 0.2) is 0 Å². The number of rotatable bonds is 3. The summed E-state index contributed by atoms with van der Waals surface area (Å²) in [5.41, 5.74) is 0. The highest BCUT2D eigenvalue weighted by atomic mass is 79.9.